The number of anilines is 1. The summed E-state index contributed by atoms with van der Waals surface area (Å²) in [6.07, 6.45) is 0. The lowest BCUT2D eigenvalue weighted by atomic mass is 10.4. The number of halogens is 1. The lowest BCUT2D eigenvalue weighted by Gasteiger charge is -2.06. The van der Waals surface area contributed by atoms with E-state index in [0.717, 1.165) is 14.4 Å². The van der Waals surface area contributed by atoms with Gasteiger partial charge in [0, 0.05) is 15.4 Å². The zero-order valence-corrected chi connectivity index (χ0v) is 11.6. The smallest absolute Gasteiger partial charge is 0.214 e. The SMILES string of the molecule is COc1ccc(N)c(Sc2ccc(Br)cc2)n1. The van der Waals surface area contributed by atoms with Crippen molar-refractivity contribution in [3.05, 3.63) is 40.9 Å². The van der Waals surface area contributed by atoms with Crippen LogP contribution >= 0.6 is 27.7 Å². The van der Waals surface area contributed by atoms with E-state index >= 15 is 0 Å². The summed E-state index contributed by atoms with van der Waals surface area (Å²) in [6.45, 7) is 0. The third-order valence-electron chi connectivity index (χ3n) is 2.10. The van der Waals surface area contributed by atoms with Gasteiger partial charge in [0.25, 0.3) is 0 Å². The maximum atomic E-state index is 5.87. The van der Waals surface area contributed by atoms with Crippen LogP contribution in [0.3, 0.4) is 0 Å². The van der Waals surface area contributed by atoms with Crippen molar-refractivity contribution < 1.29 is 4.74 Å². The molecule has 1 aromatic heterocycles. The lowest BCUT2D eigenvalue weighted by Crippen LogP contribution is -1.94. The molecule has 0 saturated carbocycles. The van der Waals surface area contributed by atoms with E-state index in [1.807, 2.05) is 24.3 Å². The Morgan fingerprint density at radius 1 is 1.18 bits per heavy atom. The fourth-order valence-corrected chi connectivity index (χ4v) is 2.33. The Bertz CT molecular complexity index is 516. The molecule has 0 radical (unpaired) electrons. The number of nitrogens with two attached hydrogens (primary N) is 1. The molecule has 3 nitrogen and oxygen atoms in total. The van der Waals surface area contributed by atoms with E-state index in [0.29, 0.717) is 11.6 Å². The molecule has 0 fully saturated rings. The highest BCUT2D eigenvalue weighted by molar-refractivity contribution is 9.10. The summed E-state index contributed by atoms with van der Waals surface area (Å²) in [7, 11) is 1.59. The minimum Gasteiger partial charge on any atom is -0.481 e. The minimum atomic E-state index is 0.568. The van der Waals surface area contributed by atoms with Crippen LogP contribution in [0.4, 0.5) is 5.69 Å². The second kappa shape index (κ2) is 5.42. The summed E-state index contributed by atoms with van der Waals surface area (Å²) < 4.78 is 6.13. The molecule has 5 heteroatoms. The molecule has 0 amide bonds. The second-order valence-corrected chi connectivity index (χ2v) is 5.28. The Morgan fingerprint density at radius 3 is 2.53 bits per heavy atom. The minimum absolute atomic E-state index is 0.568. The highest BCUT2D eigenvalue weighted by Gasteiger charge is 2.05. The monoisotopic (exact) mass is 310 g/mol. The standard InChI is InChI=1S/C12H11BrN2OS/c1-16-11-7-6-10(14)12(15-11)17-9-4-2-8(13)3-5-9/h2-7H,14H2,1H3. The number of nitrogens with zero attached hydrogens (tertiary/aromatic N) is 1. The van der Waals surface area contributed by atoms with Gasteiger partial charge >= 0.3 is 0 Å². The van der Waals surface area contributed by atoms with Crippen LogP contribution < -0.4 is 10.5 Å². The zero-order chi connectivity index (χ0) is 12.3. The van der Waals surface area contributed by atoms with Crippen LogP contribution in [0, 0.1) is 0 Å². The van der Waals surface area contributed by atoms with Crippen molar-refractivity contribution in [1.29, 1.82) is 0 Å². The topological polar surface area (TPSA) is 48.1 Å². The first-order chi connectivity index (χ1) is 8.19. The molecule has 2 aromatic rings. The number of pyridine rings is 1. The predicted octanol–water partition coefficient (Wildman–Crippen LogP) is 3.59. The summed E-state index contributed by atoms with van der Waals surface area (Å²) in [5.74, 6) is 0.568. The van der Waals surface area contributed by atoms with Crippen molar-refractivity contribution in [3.8, 4) is 5.88 Å². The molecule has 2 rings (SSSR count). The van der Waals surface area contributed by atoms with Crippen LogP contribution in [0.25, 0.3) is 0 Å². The number of benzene rings is 1. The Labute approximate surface area is 113 Å². The summed E-state index contributed by atoms with van der Waals surface area (Å²) in [5, 5.41) is 0.756. The molecule has 17 heavy (non-hydrogen) atoms. The molecule has 0 aliphatic rings. The fraction of sp³-hybridized carbons (Fsp3) is 0.0833. The van der Waals surface area contributed by atoms with Crippen molar-refractivity contribution in [2.45, 2.75) is 9.92 Å². The molecule has 1 heterocycles. The first-order valence-corrected chi connectivity index (χ1v) is 6.54. The van der Waals surface area contributed by atoms with Gasteiger partial charge in [-0.15, -0.1) is 0 Å². The molecule has 1 aromatic carbocycles. The Balaban J connectivity index is 2.25. The van der Waals surface area contributed by atoms with Crippen molar-refractivity contribution in [1.82, 2.24) is 4.98 Å². The molecule has 0 aliphatic carbocycles. The van der Waals surface area contributed by atoms with Crippen LogP contribution in [0.1, 0.15) is 0 Å². The Morgan fingerprint density at radius 2 is 1.88 bits per heavy atom. The van der Waals surface area contributed by atoms with Gasteiger partial charge in [-0.05, 0) is 30.3 Å². The van der Waals surface area contributed by atoms with Crippen LogP contribution in [0.5, 0.6) is 5.88 Å². The molecule has 0 bridgehead atoms. The largest absolute Gasteiger partial charge is 0.481 e. The molecule has 0 spiro atoms. The van der Waals surface area contributed by atoms with E-state index in [2.05, 4.69) is 20.9 Å². The van der Waals surface area contributed by atoms with Gasteiger partial charge in [0.15, 0.2) is 0 Å². The van der Waals surface area contributed by atoms with Crippen molar-refractivity contribution >= 4 is 33.4 Å². The van der Waals surface area contributed by atoms with E-state index < -0.39 is 0 Å². The zero-order valence-electron chi connectivity index (χ0n) is 9.18. The first-order valence-electron chi connectivity index (χ1n) is 4.93. The highest BCUT2D eigenvalue weighted by atomic mass is 79.9. The predicted molar refractivity (Wildman–Crippen MR) is 73.5 cm³/mol. The number of nitrogen functional groups attached to an aromatic ring is 1. The van der Waals surface area contributed by atoms with Gasteiger partial charge in [-0.1, -0.05) is 27.7 Å². The van der Waals surface area contributed by atoms with E-state index in [4.69, 9.17) is 10.5 Å². The summed E-state index contributed by atoms with van der Waals surface area (Å²) >= 11 is 4.91. The first kappa shape index (κ1) is 12.3. The van der Waals surface area contributed by atoms with Crippen LogP contribution in [-0.2, 0) is 0 Å². The van der Waals surface area contributed by atoms with Gasteiger partial charge < -0.3 is 10.5 Å². The number of ether oxygens (including phenoxy) is 1. The third kappa shape index (κ3) is 3.14. The maximum Gasteiger partial charge on any atom is 0.214 e. The molecule has 0 saturated heterocycles. The fourth-order valence-electron chi connectivity index (χ4n) is 1.24. The quantitative estimate of drug-likeness (QED) is 0.941. The molecule has 0 atom stereocenters. The molecule has 88 valence electrons. The number of rotatable bonds is 3. The van der Waals surface area contributed by atoms with Gasteiger partial charge in [-0.2, -0.15) is 0 Å². The van der Waals surface area contributed by atoms with E-state index in [9.17, 15) is 0 Å². The summed E-state index contributed by atoms with van der Waals surface area (Å²) in [4.78, 5) is 5.40. The van der Waals surface area contributed by atoms with E-state index in [1.165, 1.54) is 11.8 Å². The molecular weight excluding hydrogens is 300 g/mol. The Kier molecular flexibility index (Phi) is 3.91. The Hall–Kier alpha value is -1.20. The van der Waals surface area contributed by atoms with Crippen LogP contribution in [0.2, 0.25) is 0 Å². The van der Waals surface area contributed by atoms with Crippen molar-refractivity contribution in [2.75, 3.05) is 12.8 Å². The average Bonchev–Trinajstić information content (AvgIpc) is 2.35. The van der Waals surface area contributed by atoms with Gasteiger partial charge in [-0.25, -0.2) is 4.98 Å². The van der Waals surface area contributed by atoms with Gasteiger partial charge in [0.2, 0.25) is 5.88 Å². The van der Waals surface area contributed by atoms with E-state index in [-0.39, 0.29) is 0 Å². The number of methoxy groups -OCH3 is 1. The van der Waals surface area contributed by atoms with Crippen molar-refractivity contribution in [2.24, 2.45) is 0 Å². The lowest BCUT2D eigenvalue weighted by molar-refractivity contribution is 0.395. The normalized spacial score (nSPS) is 10.2. The van der Waals surface area contributed by atoms with Crippen LogP contribution in [0.15, 0.2) is 50.8 Å². The maximum absolute atomic E-state index is 5.87. The highest BCUT2D eigenvalue weighted by Crippen LogP contribution is 2.32. The van der Waals surface area contributed by atoms with Gasteiger partial charge in [-0.3, -0.25) is 0 Å². The molecule has 2 N–H and O–H groups in total. The summed E-state index contributed by atoms with van der Waals surface area (Å²) in [5.41, 5.74) is 6.53. The number of aromatic nitrogens is 1. The summed E-state index contributed by atoms with van der Waals surface area (Å²) in [6, 6.07) is 11.5. The number of hydrogen-bond acceptors (Lipinski definition) is 4. The van der Waals surface area contributed by atoms with Crippen molar-refractivity contribution in [3.63, 3.8) is 0 Å². The van der Waals surface area contributed by atoms with Gasteiger partial charge in [0.1, 0.15) is 5.03 Å². The third-order valence-corrected chi connectivity index (χ3v) is 3.66. The second-order valence-electron chi connectivity index (χ2n) is 3.30. The molecule has 0 aliphatic heterocycles. The average molecular weight is 311 g/mol. The number of hydrogen-bond donors (Lipinski definition) is 1. The molecule has 0 unspecified atom stereocenters. The van der Waals surface area contributed by atoms with Gasteiger partial charge in [0.05, 0.1) is 12.8 Å². The molecular formula is C12H11BrN2OS. The van der Waals surface area contributed by atoms with Crippen LogP contribution in [-0.4, -0.2) is 12.1 Å². The van der Waals surface area contributed by atoms with E-state index in [1.54, 1.807) is 19.2 Å².